The Hall–Kier alpha value is -2.83. The second kappa shape index (κ2) is 5.66. The third-order valence-electron chi connectivity index (χ3n) is 2.93. The summed E-state index contributed by atoms with van der Waals surface area (Å²) in [5.41, 5.74) is 0.981. The number of hydrogen-bond acceptors (Lipinski definition) is 6. The minimum atomic E-state index is -1.15. The number of hydrogen-bond donors (Lipinski definition) is 2. The van der Waals surface area contributed by atoms with Gasteiger partial charge in [0.1, 0.15) is 19.0 Å². The first-order valence-electron chi connectivity index (χ1n) is 6.41. The van der Waals surface area contributed by atoms with E-state index in [1.54, 1.807) is 6.07 Å². The van der Waals surface area contributed by atoms with Crippen LogP contribution >= 0.6 is 0 Å². The Morgan fingerprint density at radius 2 is 2.05 bits per heavy atom. The molecule has 1 aromatic carbocycles. The Bertz CT molecular complexity index is 675. The molecule has 0 saturated heterocycles. The molecule has 0 saturated carbocycles. The zero-order chi connectivity index (χ0) is 14.7. The van der Waals surface area contributed by atoms with E-state index in [2.05, 4.69) is 15.3 Å². The summed E-state index contributed by atoms with van der Waals surface area (Å²) in [5, 5.41) is 11.9. The first-order chi connectivity index (χ1) is 10.2. The van der Waals surface area contributed by atoms with Gasteiger partial charge in [-0.25, -0.2) is 14.8 Å². The maximum atomic E-state index is 10.8. The highest BCUT2D eigenvalue weighted by Crippen LogP contribution is 2.30. The number of rotatable bonds is 4. The van der Waals surface area contributed by atoms with E-state index in [1.807, 2.05) is 18.2 Å². The molecule has 0 atom stereocenters. The van der Waals surface area contributed by atoms with E-state index in [0.717, 1.165) is 17.1 Å². The van der Waals surface area contributed by atoms with E-state index in [-0.39, 0.29) is 5.82 Å². The van der Waals surface area contributed by atoms with E-state index < -0.39 is 5.97 Å². The summed E-state index contributed by atoms with van der Waals surface area (Å²) < 4.78 is 11.0. The largest absolute Gasteiger partial charge is 0.486 e. The van der Waals surface area contributed by atoms with Crippen molar-refractivity contribution in [1.82, 2.24) is 9.97 Å². The fraction of sp³-hybridized carbons (Fsp3) is 0.214. The molecule has 0 aliphatic carbocycles. The van der Waals surface area contributed by atoms with Crippen molar-refractivity contribution >= 4 is 11.8 Å². The molecule has 2 aromatic rings. The molecule has 0 fully saturated rings. The van der Waals surface area contributed by atoms with Crippen LogP contribution in [0.4, 0.5) is 5.82 Å². The van der Waals surface area contributed by atoms with Gasteiger partial charge in [-0.15, -0.1) is 0 Å². The summed E-state index contributed by atoms with van der Waals surface area (Å²) in [5.74, 6) is 0.520. The minimum Gasteiger partial charge on any atom is -0.486 e. The minimum absolute atomic E-state index is 0.234. The lowest BCUT2D eigenvalue weighted by molar-refractivity contribution is 0.0683. The number of ether oxygens (including phenoxy) is 2. The van der Waals surface area contributed by atoms with Gasteiger partial charge in [-0.3, -0.25) is 0 Å². The Balaban J connectivity index is 1.70. The second-order valence-electron chi connectivity index (χ2n) is 4.40. The Labute approximate surface area is 120 Å². The van der Waals surface area contributed by atoms with Crippen LogP contribution in [0.25, 0.3) is 0 Å². The van der Waals surface area contributed by atoms with Crippen LogP contribution in [0.1, 0.15) is 16.2 Å². The number of nitrogens with zero attached hydrogens (tertiary/aromatic N) is 2. The lowest BCUT2D eigenvalue weighted by atomic mass is 10.2. The van der Waals surface area contributed by atoms with Crippen LogP contribution in [-0.2, 0) is 6.54 Å². The zero-order valence-corrected chi connectivity index (χ0v) is 11.1. The zero-order valence-electron chi connectivity index (χ0n) is 11.1. The van der Waals surface area contributed by atoms with Crippen LogP contribution in [0.3, 0.4) is 0 Å². The van der Waals surface area contributed by atoms with Crippen LogP contribution in [0.2, 0.25) is 0 Å². The maximum Gasteiger partial charge on any atom is 0.374 e. The maximum absolute atomic E-state index is 10.8. The number of carboxylic acids is 1. The van der Waals surface area contributed by atoms with Gasteiger partial charge in [0, 0.05) is 12.7 Å². The molecule has 7 nitrogen and oxygen atoms in total. The van der Waals surface area contributed by atoms with Gasteiger partial charge < -0.3 is 19.9 Å². The van der Waals surface area contributed by atoms with Crippen molar-refractivity contribution in [2.24, 2.45) is 0 Å². The van der Waals surface area contributed by atoms with E-state index >= 15 is 0 Å². The molecule has 0 unspecified atom stereocenters. The van der Waals surface area contributed by atoms with Crippen molar-refractivity contribution in [3.8, 4) is 11.5 Å². The number of anilines is 1. The fourth-order valence-electron chi connectivity index (χ4n) is 1.95. The molecule has 0 bridgehead atoms. The van der Waals surface area contributed by atoms with Crippen molar-refractivity contribution < 1.29 is 19.4 Å². The molecular formula is C14H13N3O4. The van der Waals surface area contributed by atoms with Crippen LogP contribution in [0.5, 0.6) is 11.5 Å². The lowest BCUT2D eigenvalue weighted by Gasteiger charge is -2.19. The summed E-state index contributed by atoms with van der Waals surface area (Å²) in [7, 11) is 0. The highest BCUT2D eigenvalue weighted by molar-refractivity contribution is 5.83. The van der Waals surface area contributed by atoms with Crippen molar-refractivity contribution in [1.29, 1.82) is 0 Å². The quantitative estimate of drug-likeness (QED) is 0.881. The fourth-order valence-corrected chi connectivity index (χ4v) is 1.95. The van der Waals surface area contributed by atoms with E-state index in [1.165, 1.54) is 6.20 Å². The first kappa shape index (κ1) is 13.2. The monoisotopic (exact) mass is 287 g/mol. The van der Waals surface area contributed by atoms with Gasteiger partial charge in [0.2, 0.25) is 5.82 Å². The highest BCUT2D eigenvalue weighted by Gasteiger charge is 2.12. The van der Waals surface area contributed by atoms with Crippen LogP contribution in [-0.4, -0.2) is 34.3 Å². The van der Waals surface area contributed by atoms with Crippen molar-refractivity contribution in [3.05, 3.63) is 41.9 Å². The van der Waals surface area contributed by atoms with E-state index in [4.69, 9.17) is 14.6 Å². The summed E-state index contributed by atoms with van der Waals surface area (Å²) in [4.78, 5) is 18.4. The average molecular weight is 287 g/mol. The molecule has 1 aromatic heterocycles. The Kier molecular flexibility index (Phi) is 3.55. The third kappa shape index (κ3) is 3.02. The molecule has 21 heavy (non-hydrogen) atoms. The third-order valence-corrected chi connectivity index (χ3v) is 2.93. The standard InChI is InChI=1S/C14H13N3O4/c18-14(19)13-15-4-3-12(17-13)16-8-9-1-2-10-11(7-9)21-6-5-20-10/h1-4,7H,5-6,8H2,(H,18,19)(H,15,16,17). The number of nitrogens with one attached hydrogen (secondary N) is 1. The summed E-state index contributed by atoms with van der Waals surface area (Å²) in [6.45, 7) is 1.59. The van der Waals surface area contributed by atoms with Crippen molar-refractivity contribution in [2.45, 2.75) is 6.54 Å². The van der Waals surface area contributed by atoms with Crippen molar-refractivity contribution in [3.63, 3.8) is 0 Å². The van der Waals surface area contributed by atoms with Crippen molar-refractivity contribution in [2.75, 3.05) is 18.5 Å². The summed E-state index contributed by atoms with van der Waals surface area (Å²) in [6.07, 6.45) is 1.41. The molecule has 108 valence electrons. The van der Waals surface area contributed by atoms with Gasteiger partial charge in [0.05, 0.1) is 0 Å². The predicted molar refractivity (Wildman–Crippen MR) is 73.8 cm³/mol. The van der Waals surface area contributed by atoms with Crippen LogP contribution < -0.4 is 14.8 Å². The highest BCUT2D eigenvalue weighted by atomic mass is 16.6. The molecule has 1 aliphatic heterocycles. The van der Waals surface area contributed by atoms with Crippen LogP contribution in [0, 0.1) is 0 Å². The average Bonchev–Trinajstić information content (AvgIpc) is 2.53. The van der Waals surface area contributed by atoms with E-state index in [0.29, 0.717) is 25.6 Å². The normalized spacial score (nSPS) is 12.8. The molecule has 3 rings (SSSR count). The molecule has 0 spiro atoms. The second-order valence-corrected chi connectivity index (χ2v) is 4.40. The first-order valence-corrected chi connectivity index (χ1v) is 6.41. The molecule has 2 heterocycles. The van der Waals surface area contributed by atoms with Crippen LogP contribution in [0.15, 0.2) is 30.5 Å². The van der Waals surface area contributed by atoms with Gasteiger partial charge in [-0.05, 0) is 23.8 Å². The summed E-state index contributed by atoms with van der Waals surface area (Å²) >= 11 is 0. The topological polar surface area (TPSA) is 93.6 Å². The van der Waals surface area contributed by atoms with Gasteiger partial charge in [-0.1, -0.05) is 6.07 Å². The number of carboxylic acid groups (broad SMARTS) is 1. The Morgan fingerprint density at radius 1 is 1.24 bits per heavy atom. The van der Waals surface area contributed by atoms with Gasteiger partial charge >= 0.3 is 5.97 Å². The molecule has 1 aliphatic rings. The molecule has 0 amide bonds. The number of fused-ring (bicyclic) bond motifs is 1. The number of aromatic nitrogens is 2. The Morgan fingerprint density at radius 3 is 2.86 bits per heavy atom. The van der Waals surface area contributed by atoms with Gasteiger partial charge in [0.25, 0.3) is 0 Å². The molecule has 7 heteroatoms. The van der Waals surface area contributed by atoms with Gasteiger partial charge in [-0.2, -0.15) is 0 Å². The number of carbonyl (C=O) groups is 1. The number of aromatic carboxylic acids is 1. The number of benzene rings is 1. The molecular weight excluding hydrogens is 274 g/mol. The summed E-state index contributed by atoms with van der Waals surface area (Å²) in [6, 6.07) is 7.28. The smallest absolute Gasteiger partial charge is 0.374 e. The lowest BCUT2D eigenvalue weighted by Crippen LogP contribution is -2.15. The molecule has 2 N–H and O–H groups in total. The van der Waals surface area contributed by atoms with E-state index in [9.17, 15) is 4.79 Å². The predicted octanol–water partition coefficient (Wildman–Crippen LogP) is 1.56. The SMILES string of the molecule is O=C(O)c1nccc(NCc2ccc3c(c2)OCCO3)n1. The molecule has 0 radical (unpaired) electrons. The van der Waals surface area contributed by atoms with Gasteiger partial charge in [0.15, 0.2) is 11.5 Å².